The maximum atomic E-state index is 10.1. The van der Waals surface area contributed by atoms with Crippen LogP contribution in [-0.2, 0) is 4.74 Å². The SMILES string of the molecule is CC(C)(C)CCO.CC(C)(C)CCOC(=O)Cl.O=C(Cl)Cl. The molecule has 0 aromatic heterocycles. The lowest BCUT2D eigenvalue weighted by molar-refractivity contribution is 0.155. The van der Waals surface area contributed by atoms with E-state index < -0.39 is 10.1 Å². The number of carbonyl (C=O) groups is 2. The normalized spacial score (nSPS) is 10.6. The summed E-state index contributed by atoms with van der Waals surface area (Å²) in [6, 6.07) is 0. The van der Waals surface area contributed by atoms with Gasteiger partial charge in [0.2, 0.25) is 0 Å². The van der Waals surface area contributed by atoms with Crippen LogP contribution in [0.5, 0.6) is 0 Å². The summed E-state index contributed by atoms with van der Waals surface area (Å²) in [6.07, 6.45) is 1.73. The first-order valence-electron chi connectivity index (χ1n) is 6.49. The summed E-state index contributed by atoms with van der Waals surface area (Å²) in [5.41, 5.74) is -0.217. The van der Waals surface area contributed by atoms with Gasteiger partial charge >= 0.3 is 10.1 Å². The molecule has 0 bridgehead atoms. The highest BCUT2D eigenvalue weighted by atomic mass is 35.5. The number of aliphatic hydroxyl groups is 1. The molecule has 128 valence electrons. The quantitative estimate of drug-likeness (QED) is 0.642. The Morgan fingerprint density at radius 1 is 0.905 bits per heavy atom. The second-order valence-electron chi connectivity index (χ2n) is 6.66. The minimum Gasteiger partial charge on any atom is -0.454 e. The van der Waals surface area contributed by atoms with E-state index in [-0.39, 0.29) is 5.41 Å². The van der Waals surface area contributed by atoms with Crippen LogP contribution < -0.4 is 0 Å². The molecule has 0 aromatic rings. The molecule has 0 saturated carbocycles. The first-order chi connectivity index (χ1) is 9.21. The van der Waals surface area contributed by atoms with Gasteiger partial charge in [-0.25, -0.2) is 4.79 Å². The summed E-state index contributed by atoms with van der Waals surface area (Å²) in [7, 11) is 0. The third-order valence-electron chi connectivity index (χ3n) is 1.93. The Kier molecular flexibility index (Phi) is 16.8. The Balaban J connectivity index is -0.000000256. The monoisotopic (exact) mass is 364 g/mol. The Morgan fingerprint density at radius 3 is 1.38 bits per heavy atom. The molecule has 0 rings (SSSR count). The van der Waals surface area contributed by atoms with Crippen molar-refractivity contribution in [1.29, 1.82) is 0 Å². The van der Waals surface area contributed by atoms with E-state index in [1.165, 1.54) is 0 Å². The third kappa shape index (κ3) is 53.6. The van der Waals surface area contributed by atoms with Crippen LogP contribution in [0.4, 0.5) is 9.59 Å². The van der Waals surface area contributed by atoms with Crippen molar-refractivity contribution in [3.8, 4) is 0 Å². The molecule has 0 atom stereocenters. The van der Waals surface area contributed by atoms with Crippen molar-refractivity contribution < 1.29 is 19.4 Å². The van der Waals surface area contributed by atoms with E-state index in [2.05, 4.69) is 69.5 Å². The molecular formula is C14H27Cl3O4. The fourth-order valence-corrected chi connectivity index (χ4v) is 0.850. The summed E-state index contributed by atoms with van der Waals surface area (Å²) >= 11 is 13.7. The molecule has 0 aliphatic heterocycles. The van der Waals surface area contributed by atoms with Gasteiger partial charge in [-0.1, -0.05) is 41.5 Å². The minimum absolute atomic E-state index is 0.201. The van der Waals surface area contributed by atoms with Gasteiger partial charge in [0.25, 0.3) is 0 Å². The molecule has 0 spiro atoms. The summed E-state index contributed by atoms with van der Waals surface area (Å²) in [5.74, 6) is 0. The average molecular weight is 366 g/mol. The van der Waals surface area contributed by atoms with E-state index in [1.54, 1.807) is 0 Å². The Morgan fingerprint density at radius 2 is 1.24 bits per heavy atom. The largest absolute Gasteiger partial charge is 0.454 e. The van der Waals surface area contributed by atoms with E-state index >= 15 is 0 Å². The Labute approximate surface area is 143 Å². The van der Waals surface area contributed by atoms with Gasteiger partial charge in [0.15, 0.2) is 0 Å². The zero-order chi connectivity index (χ0) is 17.7. The van der Waals surface area contributed by atoms with Crippen LogP contribution in [0.1, 0.15) is 54.4 Å². The van der Waals surface area contributed by atoms with Crippen molar-refractivity contribution in [1.82, 2.24) is 0 Å². The highest BCUT2D eigenvalue weighted by Crippen LogP contribution is 2.18. The summed E-state index contributed by atoms with van der Waals surface area (Å²) < 4.78 is 3.66. The van der Waals surface area contributed by atoms with Crippen LogP contribution >= 0.6 is 34.8 Å². The van der Waals surface area contributed by atoms with Gasteiger partial charge in [0, 0.05) is 18.2 Å². The second-order valence-corrected chi connectivity index (χ2v) is 7.85. The Bertz CT molecular complexity index is 277. The van der Waals surface area contributed by atoms with Gasteiger partial charge < -0.3 is 9.84 Å². The third-order valence-corrected chi connectivity index (χ3v) is 2.04. The summed E-state index contributed by atoms with van der Waals surface area (Å²) in [4.78, 5) is 19.0. The maximum absolute atomic E-state index is 10.1. The minimum atomic E-state index is -0.889. The molecule has 4 nitrogen and oxygen atoms in total. The molecule has 0 aliphatic rings. The van der Waals surface area contributed by atoms with E-state index in [4.69, 9.17) is 21.5 Å². The van der Waals surface area contributed by atoms with Gasteiger partial charge in [0.05, 0.1) is 6.61 Å². The molecule has 0 aliphatic carbocycles. The Hall–Kier alpha value is -0.0300. The molecule has 0 unspecified atom stereocenters. The predicted octanol–water partition coefficient (Wildman–Crippen LogP) is 5.80. The zero-order valence-electron chi connectivity index (χ0n) is 13.6. The van der Waals surface area contributed by atoms with E-state index in [0.29, 0.717) is 18.6 Å². The highest BCUT2D eigenvalue weighted by molar-refractivity contribution is 6.93. The van der Waals surface area contributed by atoms with Crippen molar-refractivity contribution in [2.24, 2.45) is 10.8 Å². The fraction of sp³-hybridized carbons (Fsp3) is 0.857. The smallest absolute Gasteiger partial charge is 0.403 e. The predicted molar refractivity (Wildman–Crippen MR) is 89.5 cm³/mol. The van der Waals surface area contributed by atoms with E-state index in [0.717, 1.165) is 12.8 Å². The van der Waals surface area contributed by atoms with Crippen LogP contribution in [0, 0.1) is 10.8 Å². The summed E-state index contributed by atoms with van der Waals surface area (Å²) in [6.45, 7) is 13.3. The molecule has 0 saturated heterocycles. The van der Waals surface area contributed by atoms with Crippen LogP contribution in [-0.4, -0.2) is 28.5 Å². The molecular weight excluding hydrogens is 339 g/mol. The van der Waals surface area contributed by atoms with Crippen LogP contribution in [0.3, 0.4) is 0 Å². The number of aliphatic hydroxyl groups excluding tert-OH is 1. The molecule has 0 heterocycles. The molecule has 0 aromatic carbocycles. The number of ether oxygens (including phenoxy) is 1. The lowest BCUT2D eigenvalue weighted by Crippen LogP contribution is -2.10. The molecule has 1 N–H and O–H groups in total. The van der Waals surface area contributed by atoms with Crippen molar-refractivity contribution >= 4 is 44.9 Å². The highest BCUT2D eigenvalue weighted by Gasteiger charge is 2.10. The number of carbonyl (C=O) groups excluding carboxylic acids is 2. The first kappa shape index (κ1) is 25.9. The molecule has 0 fully saturated rings. The number of rotatable bonds is 3. The van der Waals surface area contributed by atoms with Crippen molar-refractivity contribution in [2.75, 3.05) is 13.2 Å². The van der Waals surface area contributed by atoms with Gasteiger partial charge in [-0.3, -0.25) is 4.79 Å². The lowest BCUT2D eigenvalue weighted by atomic mass is 9.93. The van der Waals surface area contributed by atoms with Gasteiger partial charge in [-0.05, 0) is 46.9 Å². The van der Waals surface area contributed by atoms with E-state index in [1.807, 2.05) is 0 Å². The van der Waals surface area contributed by atoms with Gasteiger partial charge in [0.1, 0.15) is 0 Å². The van der Waals surface area contributed by atoms with Crippen LogP contribution in [0.2, 0.25) is 0 Å². The topological polar surface area (TPSA) is 63.6 Å². The number of halogens is 3. The maximum Gasteiger partial charge on any atom is 0.403 e. The van der Waals surface area contributed by atoms with Crippen LogP contribution in [0.25, 0.3) is 0 Å². The average Bonchev–Trinajstić information content (AvgIpc) is 2.11. The van der Waals surface area contributed by atoms with Gasteiger partial charge in [-0.15, -0.1) is 0 Å². The molecule has 0 amide bonds. The summed E-state index contributed by atoms with van der Waals surface area (Å²) in [5, 5.41) is 8.40. The molecule has 21 heavy (non-hydrogen) atoms. The number of hydrogen-bond donors (Lipinski definition) is 1. The van der Waals surface area contributed by atoms with Crippen molar-refractivity contribution in [3.63, 3.8) is 0 Å². The first-order valence-corrected chi connectivity index (χ1v) is 7.63. The van der Waals surface area contributed by atoms with E-state index in [9.17, 15) is 4.79 Å². The fourth-order valence-electron chi connectivity index (χ4n) is 0.773. The van der Waals surface area contributed by atoms with Crippen LogP contribution in [0.15, 0.2) is 0 Å². The molecule has 7 heteroatoms. The number of hydrogen-bond acceptors (Lipinski definition) is 4. The van der Waals surface area contributed by atoms with Crippen molar-refractivity contribution in [3.05, 3.63) is 0 Å². The lowest BCUT2D eigenvalue weighted by Gasteiger charge is -2.16. The standard InChI is InChI=1S/C7H13ClO2.C6H14O.CCl2O/c1-7(2,3)4-5-10-6(8)9;1-6(2,3)4-5-7;2-1(3)4/h4-5H2,1-3H3;7H,4-5H2,1-3H3;. The van der Waals surface area contributed by atoms with Crippen molar-refractivity contribution in [2.45, 2.75) is 54.4 Å². The second kappa shape index (κ2) is 13.6. The van der Waals surface area contributed by atoms with Gasteiger partial charge in [-0.2, -0.15) is 0 Å². The molecule has 0 radical (unpaired) electrons. The zero-order valence-corrected chi connectivity index (χ0v) is 15.9.